The third-order valence-electron chi connectivity index (χ3n) is 2.92. The van der Waals surface area contributed by atoms with Crippen LogP contribution >= 0.6 is 27.5 Å². The normalized spacial score (nSPS) is 10.8. The van der Waals surface area contributed by atoms with Crippen LogP contribution in [-0.2, 0) is 7.05 Å². The molecule has 0 spiro atoms. The van der Waals surface area contributed by atoms with Gasteiger partial charge in [0.25, 0.3) is 0 Å². The smallest absolute Gasteiger partial charge is 0.163 e. The summed E-state index contributed by atoms with van der Waals surface area (Å²) in [4.78, 5) is 8.81. The van der Waals surface area contributed by atoms with Crippen LogP contribution in [0.15, 0.2) is 41.1 Å². The van der Waals surface area contributed by atoms with Gasteiger partial charge in [-0.3, -0.25) is 4.68 Å². The van der Waals surface area contributed by atoms with Crippen LogP contribution in [0.4, 0.5) is 5.82 Å². The molecule has 0 aliphatic rings. The Morgan fingerprint density at radius 3 is 2.76 bits per heavy atom. The average Bonchev–Trinajstić information content (AvgIpc) is 2.87. The van der Waals surface area contributed by atoms with Crippen molar-refractivity contribution in [2.24, 2.45) is 7.05 Å². The quantitative estimate of drug-likeness (QED) is 0.755. The van der Waals surface area contributed by atoms with Gasteiger partial charge in [-0.25, -0.2) is 9.97 Å². The minimum Gasteiger partial charge on any atom is -0.384 e. The lowest BCUT2D eigenvalue weighted by Crippen LogP contribution is -1.98. The van der Waals surface area contributed by atoms with E-state index in [1.807, 2.05) is 25.4 Å². The van der Waals surface area contributed by atoms with Crippen LogP contribution in [0.3, 0.4) is 0 Å². The lowest BCUT2D eigenvalue weighted by molar-refractivity contribution is 0.768. The molecule has 0 saturated heterocycles. The molecule has 3 rings (SSSR count). The molecule has 21 heavy (non-hydrogen) atoms. The number of hydrogen-bond donors (Lipinski definition) is 1. The van der Waals surface area contributed by atoms with Gasteiger partial charge in [0.05, 0.1) is 16.9 Å². The first-order chi connectivity index (χ1) is 10.0. The Morgan fingerprint density at radius 1 is 1.24 bits per heavy atom. The van der Waals surface area contributed by atoms with E-state index in [9.17, 15) is 0 Å². The first kappa shape index (κ1) is 14.0. The number of anilines is 1. The first-order valence-corrected chi connectivity index (χ1v) is 7.29. The maximum atomic E-state index is 6.23. The number of nitrogens with zero attached hydrogens (tertiary/aromatic N) is 4. The molecule has 5 nitrogen and oxygen atoms in total. The monoisotopic (exact) mass is 363 g/mol. The largest absolute Gasteiger partial charge is 0.384 e. The summed E-state index contributed by atoms with van der Waals surface area (Å²) in [6, 6.07) is 7.23. The molecule has 2 heterocycles. The SMILES string of the molecule is Cn1cc(-c2cc(N)nc(-c3cc(Br)ccc3Cl)n2)cn1. The minimum absolute atomic E-state index is 0.384. The number of aromatic nitrogens is 4. The zero-order valence-corrected chi connectivity index (χ0v) is 13.4. The molecule has 7 heteroatoms. The fraction of sp³-hybridized carbons (Fsp3) is 0.0714. The molecular weight excluding hydrogens is 354 g/mol. The highest BCUT2D eigenvalue weighted by atomic mass is 79.9. The lowest BCUT2D eigenvalue weighted by Gasteiger charge is -2.07. The minimum atomic E-state index is 0.384. The van der Waals surface area contributed by atoms with Gasteiger partial charge in [0.2, 0.25) is 0 Å². The first-order valence-electron chi connectivity index (χ1n) is 6.12. The predicted molar refractivity (Wildman–Crippen MR) is 86.8 cm³/mol. The standard InChI is InChI=1S/C14H11BrClN5/c1-21-7-8(6-18-21)12-5-13(17)20-14(19-12)10-4-9(15)2-3-11(10)16/h2-7H,1H3,(H2,17,19,20). The van der Waals surface area contributed by atoms with Crippen LogP contribution in [0.5, 0.6) is 0 Å². The van der Waals surface area contributed by atoms with E-state index in [1.54, 1.807) is 23.0 Å². The highest BCUT2D eigenvalue weighted by molar-refractivity contribution is 9.10. The highest BCUT2D eigenvalue weighted by Crippen LogP contribution is 2.30. The van der Waals surface area contributed by atoms with E-state index in [0.717, 1.165) is 15.6 Å². The molecule has 0 bridgehead atoms. The summed E-state index contributed by atoms with van der Waals surface area (Å²) in [6.45, 7) is 0. The van der Waals surface area contributed by atoms with E-state index in [1.165, 1.54) is 0 Å². The summed E-state index contributed by atoms with van der Waals surface area (Å²) in [7, 11) is 1.85. The zero-order chi connectivity index (χ0) is 15.0. The van der Waals surface area contributed by atoms with Crippen LogP contribution < -0.4 is 5.73 Å². The van der Waals surface area contributed by atoms with Crippen LogP contribution in [0, 0.1) is 0 Å². The molecule has 0 aliphatic carbocycles. The number of nitrogens with two attached hydrogens (primary N) is 1. The molecule has 2 aromatic heterocycles. The molecule has 0 fully saturated rings. The van der Waals surface area contributed by atoms with Gasteiger partial charge in [0.15, 0.2) is 5.82 Å². The topological polar surface area (TPSA) is 69.6 Å². The van der Waals surface area contributed by atoms with Gasteiger partial charge in [0, 0.05) is 34.9 Å². The Labute approximate surface area is 134 Å². The van der Waals surface area contributed by atoms with Gasteiger partial charge in [-0.15, -0.1) is 0 Å². The van der Waals surface area contributed by atoms with Crippen molar-refractivity contribution < 1.29 is 0 Å². The number of hydrogen-bond acceptors (Lipinski definition) is 4. The van der Waals surface area contributed by atoms with E-state index >= 15 is 0 Å². The van der Waals surface area contributed by atoms with Gasteiger partial charge >= 0.3 is 0 Å². The van der Waals surface area contributed by atoms with Crippen molar-refractivity contribution in [3.8, 4) is 22.6 Å². The molecule has 0 saturated carbocycles. The van der Waals surface area contributed by atoms with Crippen molar-refractivity contribution >= 4 is 33.3 Å². The number of nitrogen functional groups attached to an aromatic ring is 1. The van der Waals surface area contributed by atoms with E-state index in [-0.39, 0.29) is 0 Å². The highest BCUT2D eigenvalue weighted by Gasteiger charge is 2.11. The van der Waals surface area contributed by atoms with E-state index in [4.69, 9.17) is 17.3 Å². The zero-order valence-electron chi connectivity index (χ0n) is 11.1. The molecule has 2 N–H and O–H groups in total. The van der Waals surface area contributed by atoms with Crippen molar-refractivity contribution in [1.82, 2.24) is 19.7 Å². The summed E-state index contributed by atoms with van der Waals surface area (Å²) in [6.07, 6.45) is 3.60. The second-order valence-electron chi connectivity index (χ2n) is 4.53. The lowest BCUT2D eigenvalue weighted by atomic mass is 10.2. The molecule has 106 valence electrons. The Bertz CT molecular complexity index is 815. The number of rotatable bonds is 2. The molecule has 0 unspecified atom stereocenters. The molecule has 1 aromatic carbocycles. The Hall–Kier alpha value is -1.92. The summed E-state index contributed by atoms with van der Waals surface area (Å²) in [5.74, 6) is 0.870. The molecule has 0 aliphatic heterocycles. The van der Waals surface area contributed by atoms with Gasteiger partial charge < -0.3 is 5.73 Å². The van der Waals surface area contributed by atoms with Gasteiger partial charge in [-0.05, 0) is 18.2 Å². The summed E-state index contributed by atoms with van der Waals surface area (Å²) < 4.78 is 2.61. The Balaban J connectivity index is 2.16. The maximum Gasteiger partial charge on any atom is 0.163 e. The number of benzene rings is 1. The third kappa shape index (κ3) is 2.91. The summed E-state index contributed by atoms with van der Waals surface area (Å²) >= 11 is 9.65. The average molecular weight is 365 g/mol. The van der Waals surface area contributed by atoms with E-state index < -0.39 is 0 Å². The predicted octanol–water partition coefficient (Wildman–Crippen LogP) is 3.54. The second kappa shape index (κ2) is 5.46. The van der Waals surface area contributed by atoms with Crippen molar-refractivity contribution in [3.63, 3.8) is 0 Å². The summed E-state index contributed by atoms with van der Waals surface area (Å²) in [5.41, 5.74) is 8.21. The van der Waals surface area contributed by atoms with Crippen molar-refractivity contribution in [2.45, 2.75) is 0 Å². The Kier molecular flexibility index (Phi) is 3.65. The molecular formula is C14H11BrClN5. The van der Waals surface area contributed by atoms with Crippen molar-refractivity contribution in [3.05, 3.63) is 46.2 Å². The number of aryl methyl sites for hydroxylation is 1. The molecule has 0 atom stereocenters. The molecule has 0 amide bonds. The second-order valence-corrected chi connectivity index (χ2v) is 5.85. The van der Waals surface area contributed by atoms with Crippen LogP contribution in [-0.4, -0.2) is 19.7 Å². The van der Waals surface area contributed by atoms with Gasteiger partial charge in [0.1, 0.15) is 5.82 Å². The fourth-order valence-corrected chi connectivity index (χ4v) is 2.52. The van der Waals surface area contributed by atoms with Crippen molar-refractivity contribution in [2.75, 3.05) is 5.73 Å². The van der Waals surface area contributed by atoms with Crippen LogP contribution in [0.1, 0.15) is 0 Å². The Morgan fingerprint density at radius 2 is 2.05 bits per heavy atom. The number of halogens is 2. The maximum absolute atomic E-state index is 6.23. The van der Waals surface area contributed by atoms with E-state index in [2.05, 4.69) is 31.0 Å². The molecule has 3 aromatic rings. The summed E-state index contributed by atoms with van der Waals surface area (Å²) in [5, 5.41) is 4.71. The molecule has 0 radical (unpaired) electrons. The fourth-order valence-electron chi connectivity index (χ4n) is 1.96. The van der Waals surface area contributed by atoms with Crippen molar-refractivity contribution in [1.29, 1.82) is 0 Å². The van der Waals surface area contributed by atoms with E-state index in [0.29, 0.717) is 22.4 Å². The van der Waals surface area contributed by atoms with Gasteiger partial charge in [-0.1, -0.05) is 27.5 Å². The van der Waals surface area contributed by atoms with Crippen LogP contribution in [0.25, 0.3) is 22.6 Å². The van der Waals surface area contributed by atoms with Crippen LogP contribution in [0.2, 0.25) is 5.02 Å². The van der Waals surface area contributed by atoms with Gasteiger partial charge in [-0.2, -0.15) is 5.10 Å². The third-order valence-corrected chi connectivity index (χ3v) is 3.74.